The van der Waals surface area contributed by atoms with Crippen LogP contribution in [0.15, 0.2) is 24.5 Å². The Balaban J connectivity index is 2.15. The molecule has 1 aromatic carbocycles. The highest BCUT2D eigenvalue weighted by Crippen LogP contribution is 2.22. The minimum atomic E-state index is -0.579. The lowest BCUT2D eigenvalue weighted by atomic mass is 10.1. The second-order valence-electron chi connectivity index (χ2n) is 3.99. The van der Waals surface area contributed by atoms with E-state index in [0.29, 0.717) is 5.82 Å². The number of amides is 1. The molecule has 0 bridgehead atoms. The standard InChI is InChI=1S/C11H10ClN5O3/c1-6(10-13-5-14-16-10)15-11(18)8-3-2-7(17(19)20)4-9(8)12/h2-6H,1H3,(H,15,18)(H,13,14,16). The Morgan fingerprint density at radius 3 is 2.85 bits per heavy atom. The predicted octanol–water partition coefficient (Wildman–Crippen LogP) is 1.86. The van der Waals surface area contributed by atoms with E-state index in [1.54, 1.807) is 6.92 Å². The van der Waals surface area contributed by atoms with Crippen molar-refractivity contribution in [1.29, 1.82) is 0 Å². The summed E-state index contributed by atoms with van der Waals surface area (Å²) in [5.41, 5.74) is -0.0153. The van der Waals surface area contributed by atoms with E-state index in [4.69, 9.17) is 11.6 Å². The Kier molecular flexibility index (Phi) is 3.94. The molecule has 2 aromatic rings. The highest BCUT2D eigenvalue weighted by atomic mass is 35.5. The molecule has 0 saturated heterocycles. The highest BCUT2D eigenvalue weighted by Gasteiger charge is 2.18. The summed E-state index contributed by atoms with van der Waals surface area (Å²) in [6, 6.07) is 3.27. The van der Waals surface area contributed by atoms with E-state index in [1.807, 2.05) is 0 Å². The molecule has 9 heteroatoms. The molecular formula is C11H10ClN5O3. The summed E-state index contributed by atoms with van der Waals surface area (Å²) in [6.45, 7) is 1.72. The summed E-state index contributed by atoms with van der Waals surface area (Å²) in [6.07, 6.45) is 1.33. The SMILES string of the molecule is CC(NC(=O)c1ccc([N+](=O)[O-])cc1Cl)c1ncn[nH]1. The smallest absolute Gasteiger partial charge is 0.270 e. The average Bonchev–Trinajstić information content (AvgIpc) is 2.92. The van der Waals surface area contributed by atoms with Gasteiger partial charge in [-0.25, -0.2) is 4.98 Å². The molecule has 1 unspecified atom stereocenters. The highest BCUT2D eigenvalue weighted by molar-refractivity contribution is 6.34. The van der Waals surface area contributed by atoms with Crippen LogP contribution < -0.4 is 5.32 Å². The van der Waals surface area contributed by atoms with E-state index in [-0.39, 0.29) is 16.3 Å². The first-order chi connectivity index (χ1) is 9.49. The van der Waals surface area contributed by atoms with Crippen LogP contribution in [0.3, 0.4) is 0 Å². The van der Waals surface area contributed by atoms with Gasteiger partial charge in [-0.15, -0.1) is 0 Å². The zero-order chi connectivity index (χ0) is 14.7. The molecule has 0 aliphatic carbocycles. The van der Waals surface area contributed by atoms with E-state index >= 15 is 0 Å². The summed E-state index contributed by atoms with van der Waals surface area (Å²) >= 11 is 5.88. The molecule has 0 aliphatic heterocycles. The van der Waals surface area contributed by atoms with E-state index in [1.165, 1.54) is 18.5 Å². The Hall–Kier alpha value is -2.48. The first-order valence-corrected chi connectivity index (χ1v) is 5.97. The first-order valence-electron chi connectivity index (χ1n) is 5.59. The Morgan fingerprint density at radius 1 is 1.55 bits per heavy atom. The third-order valence-corrected chi connectivity index (χ3v) is 2.91. The number of aromatic nitrogens is 3. The number of carbonyl (C=O) groups excluding carboxylic acids is 1. The molecule has 0 radical (unpaired) electrons. The van der Waals surface area contributed by atoms with Crippen molar-refractivity contribution in [2.75, 3.05) is 0 Å². The molecule has 0 spiro atoms. The van der Waals surface area contributed by atoms with Crippen molar-refractivity contribution < 1.29 is 9.72 Å². The topological polar surface area (TPSA) is 114 Å². The van der Waals surface area contributed by atoms with E-state index in [0.717, 1.165) is 6.07 Å². The van der Waals surface area contributed by atoms with Gasteiger partial charge in [0.05, 0.1) is 21.6 Å². The molecule has 2 N–H and O–H groups in total. The molecule has 1 amide bonds. The van der Waals surface area contributed by atoms with Crippen molar-refractivity contribution in [2.45, 2.75) is 13.0 Å². The predicted molar refractivity (Wildman–Crippen MR) is 70.4 cm³/mol. The minimum absolute atomic E-state index is 0.0152. The number of halogens is 1. The van der Waals surface area contributed by atoms with Crippen molar-refractivity contribution >= 4 is 23.2 Å². The fraction of sp³-hybridized carbons (Fsp3) is 0.182. The number of nitrogens with zero attached hydrogens (tertiary/aromatic N) is 3. The van der Waals surface area contributed by atoms with Gasteiger partial charge in [0.25, 0.3) is 11.6 Å². The van der Waals surface area contributed by atoms with Crippen LogP contribution in [0.5, 0.6) is 0 Å². The van der Waals surface area contributed by atoms with Crippen LogP contribution in [-0.2, 0) is 0 Å². The van der Waals surface area contributed by atoms with Crippen LogP contribution in [-0.4, -0.2) is 26.0 Å². The number of rotatable bonds is 4. The number of benzene rings is 1. The van der Waals surface area contributed by atoms with E-state index < -0.39 is 16.9 Å². The molecule has 1 atom stereocenters. The van der Waals surface area contributed by atoms with E-state index in [9.17, 15) is 14.9 Å². The van der Waals surface area contributed by atoms with Crippen LogP contribution in [0.25, 0.3) is 0 Å². The van der Waals surface area contributed by atoms with Crippen molar-refractivity contribution in [3.8, 4) is 0 Å². The zero-order valence-corrected chi connectivity index (χ0v) is 11.1. The van der Waals surface area contributed by atoms with Gasteiger partial charge in [-0.3, -0.25) is 20.0 Å². The first kappa shape index (κ1) is 13.9. The van der Waals surface area contributed by atoms with Crippen molar-refractivity contribution in [2.24, 2.45) is 0 Å². The zero-order valence-electron chi connectivity index (χ0n) is 10.3. The normalized spacial score (nSPS) is 11.9. The number of nitro benzene ring substituents is 1. The fourth-order valence-corrected chi connectivity index (χ4v) is 1.83. The largest absolute Gasteiger partial charge is 0.342 e. The lowest BCUT2D eigenvalue weighted by Gasteiger charge is -2.11. The maximum absolute atomic E-state index is 12.0. The Bertz CT molecular complexity index is 644. The molecule has 2 rings (SSSR count). The minimum Gasteiger partial charge on any atom is -0.342 e. The van der Waals surface area contributed by atoms with Crippen molar-refractivity contribution in [3.63, 3.8) is 0 Å². The van der Waals surface area contributed by atoms with Crippen molar-refractivity contribution in [3.05, 3.63) is 51.1 Å². The molecule has 1 heterocycles. The number of carbonyl (C=O) groups is 1. The molecule has 104 valence electrons. The Labute approximate surface area is 118 Å². The molecule has 8 nitrogen and oxygen atoms in total. The summed E-state index contributed by atoms with van der Waals surface area (Å²) in [7, 11) is 0. The van der Waals surface area contributed by atoms with Gasteiger partial charge in [0, 0.05) is 12.1 Å². The number of hydrogen-bond donors (Lipinski definition) is 2. The number of aromatic amines is 1. The maximum atomic E-state index is 12.0. The fourth-order valence-electron chi connectivity index (χ4n) is 1.57. The monoisotopic (exact) mass is 295 g/mol. The van der Waals surface area contributed by atoms with Crippen LogP contribution in [0.1, 0.15) is 29.1 Å². The maximum Gasteiger partial charge on any atom is 0.270 e. The van der Waals surface area contributed by atoms with Crippen LogP contribution >= 0.6 is 11.6 Å². The van der Waals surface area contributed by atoms with Gasteiger partial charge in [-0.05, 0) is 13.0 Å². The molecule has 0 aliphatic rings. The van der Waals surface area contributed by atoms with Gasteiger partial charge < -0.3 is 5.32 Å². The summed E-state index contributed by atoms with van der Waals surface area (Å²) < 4.78 is 0. The second-order valence-corrected chi connectivity index (χ2v) is 4.39. The van der Waals surface area contributed by atoms with Gasteiger partial charge in [-0.1, -0.05) is 11.6 Å². The summed E-state index contributed by atoms with van der Waals surface area (Å²) in [5, 5.41) is 19.6. The van der Waals surface area contributed by atoms with Crippen LogP contribution in [0, 0.1) is 10.1 Å². The van der Waals surface area contributed by atoms with Gasteiger partial charge >= 0.3 is 0 Å². The molecule has 0 saturated carbocycles. The van der Waals surface area contributed by atoms with Gasteiger partial charge in [-0.2, -0.15) is 5.10 Å². The van der Waals surface area contributed by atoms with Crippen LogP contribution in [0.4, 0.5) is 5.69 Å². The number of nitro groups is 1. The summed E-state index contributed by atoms with van der Waals surface area (Å²) in [4.78, 5) is 26.0. The lowest BCUT2D eigenvalue weighted by Crippen LogP contribution is -2.27. The quantitative estimate of drug-likeness (QED) is 0.660. The Morgan fingerprint density at radius 2 is 2.30 bits per heavy atom. The molecular weight excluding hydrogens is 286 g/mol. The average molecular weight is 296 g/mol. The van der Waals surface area contributed by atoms with Crippen molar-refractivity contribution in [1.82, 2.24) is 20.5 Å². The number of H-pyrrole nitrogens is 1. The second kappa shape index (κ2) is 5.66. The number of nitrogens with one attached hydrogen (secondary N) is 2. The van der Waals surface area contributed by atoms with Crippen LogP contribution in [0.2, 0.25) is 5.02 Å². The summed E-state index contributed by atoms with van der Waals surface area (Å²) in [5.74, 6) is 0.0465. The number of non-ortho nitro benzene ring substituents is 1. The van der Waals surface area contributed by atoms with E-state index in [2.05, 4.69) is 20.5 Å². The van der Waals surface area contributed by atoms with Gasteiger partial charge in [0.15, 0.2) is 0 Å². The van der Waals surface area contributed by atoms with Gasteiger partial charge in [0.2, 0.25) is 0 Å². The molecule has 0 fully saturated rings. The third-order valence-electron chi connectivity index (χ3n) is 2.60. The lowest BCUT2D eigenvalue weighted by molar-refractivity contribution is -0.384. The molecule has 1 aromatic heterocycles. The third kappa shape index (κ3) is 2.91. The molecule has 20 heavy (non-hydrogen) atoms. The van der Waals surface area contributed by atoms with Gasteiger partial charge in [0.1, 0.15) is 12.2 Å². The number of hydrogen-bond acceptors (Lipinski definition) is 5.